The van der Waals surface area contributed by atoms with Crippen LogP contribution in [0.15, 0.2) is 0 Å². The Balaban J connectivity index is 2.57. The first-order valence-corrected chi connectivity index (χ1v) is 5.54. The average Bonchev–Trinajstić information content (AvgIpc) is 2.18. The number of hydrogen-bond acceptors (Lipinski definition) is 3. The van der Waals surface area contributed by atoms with Gasteiger partial charge in [0, 0.05) is 0 Å². The molecule has 0 aromatic rings. The summed E-state index contributed by atoms with van der Waals surface area (Å²) in [5.74, 6) is 1.07. The molecule has 3 nitrogen and oxygen atoms in total. The van der Waals surface area contributed by atoms with Crippen molar-refractivity contribution in [3.63, 3.8) is 0 Å². The molecule has 2 atom stereocenters. The fourth-order valence-electron chi connectivity index (χ4n) is 2.12. The fourth-order valence-corrected chi connectivity index (χ4v) is 2.12. The van der Waals surface area contributed by atoms with Gasteiger partial charge in [-0.2, -0.15) is 0 Å². The monoisotopic (exact) mass is 199 g/mol. The first kappa shape index (κ1) is 11.5. The van der Waals surface area contributed by atoms with Crippen molar-refractivity contribution in [2.24, 2.45) is 17.8 Å². The summed E-state index contributed by atoms with van der Waals surface area (Å²) in [7, 11) is 0. The molecule has 14 heavy (non-hydrogen) atoms. The van der Waals surface area contributed by atoms with Gasteiger partial charge in [-0.1, -0.05) is 13.8 Å². The van der Waals surface area contributed by atoms with Crippen molar-refractivity contribution >= 4 is 5.97 Å². The zero-order valence-corrected chi connectivity index (χ0v) is 9.38. The SMILES string of the molecule is CCOC(=O)C1CCNCC1C(C)C. The van der Waals surface area contributed by atoms with Crippen LogP contribution in [0.1, 0.15) is 27.2 Å². The van der Waals surface area contributed by atoms with Crippen LogP contribution in [0.2, 0.25) is 0 Å². The predicted molar refractivity (Wildman–Crippen MR) is 55.9 cm³/mol. The van der Waals surface area contributed by atoms with E-state index in [2.05, 4.69) is 19.2 Å². The van der Waals surface area contributed by atoms with Gasteiger partial charge in [0.05, 0.1) is 12.5 Å². The van der Waals surface area contributed by atoms with Crippen LogP contribution >= 0.6 is 0 Å². The molecule has 0 amide bonds. The van der Waals surface area contributed by atoms with E-state index < -0.39 is 0 Å². The zero-order chi connectivity index (χ0) is 10.6. The molecule has 0 radical (unpaired) electrons. The molecule has 1 fully saturated rings. The molecular weight excluding hydrogens is 178 g/mol. The Morgan fingerprint density at radius 1 is 1.57 bits per heavy atom. The summed E-state index contributed by atoms with van der Waals surface area (Å²) >= 11 is 0. The first-order chi connectivity index (χ1) is 6.66. The standard InChI is InChI=1S/C11H21NO2/c1-4-14-11(13)9-5-6-12-7-10(9)8(2)3/h8-10,12H,4-7H2,1-3H3. The normalized spacial score (nSPS) is 27.7. The van der Waals surface area contributed by atoms with Crippen molar-refractivity contribution < 1.29 is 9.53 Å². The van der Waals surface area contributed by atoms with Crippen LogP contribution in [0.4, 0.5) is 0 Å². The summed E-state index contributed by atoms with van der Waals surface area (Å²) in [5.41, 5.74) is 0. The summed E-state index contributed by atoms with van der Waals surface area (Å²) in [5, 5.41) is 3.34. The first-order valence-electron chi connectivity index (χ1n) is 5.54. The maximum absolute atomic E-state index is 11.7. The van der Waals surface area contributed by atoms with Crippen molar-refractivity contribution in [2.45, 2.75) is 27.2 Å². The molecule has 1 heterocycles. The van der Waals surface area contributed by atoms with E-state index in [4.69, 9.17) is 4.74 Å². The highest BCUT2D eigenvalue weighted by Gasteiger charge is 2.33. The Labute approximate surface area is 86.2 Å². The molecule has 3 heteroatoms. The minimum Gasteiger partial charge on any atom is -0.466 e. The maximum atomic E-state index is 11.7. The molecule has 2 unspecified atom stereocenters. The van der Waals surface area contributed by atoms with E-state index in [0.717, 1.165) is 19.5 Å². The van der Waals surface area contributed by atoms with E-state index in [1.807, 2.05) is 6.92 Å². The van der Waals surface area contributed by atoms with Gasteiger partial charge in [0.2, 0.25) is 0 Å². The highest BCUT2D eigenvalue weighted by atomic mass is 16.5. The highest BCUT2D eigenvalue weighted by molar-refractivity contribution is 5.73. The van der Waals surface area contributed by atoms with Gasteiger partial charge in [-0.05, 0) is 38.3 Å². The molecule has 0 saturated carbocycles. The number of carbonyl (C=O) groups excluding carboxylic acids is 1. The van der Waals surface area contributed by atoms with Gasteiger partial charge < -0.3 is 10.1 Å². The van der Waals surface area contributed by atoms with E-state index >= 15 is 0 Å². The third kappa shape index (κ3) is 2.71. The number of rotatable bonds is 3. The van der Waals surface area contributed by atoms with E-state index in [1.54, 1.807) is 0 Å². The highest BCUT2D eigenvalue weighted by Crippen LogP contribution is 2.27. The molecule has 1 aliphatic rings. The second kappa shape index (κ2) is 5.35. The number of piperidine rings is 1. The average molecular weight is 199 g/mol. The van der Waals surface area contributed by atoms with E-state index in [1.165, 1.54) is 0 Å². The Morgan fingerprint density at radius 2 is 2.29 bits per heavy atom. The molecule has 0 spiro atoms. The Kier molecular flexibility index (Phi) is 4.39. The lowest BCUT2D eigenvalue weighted by Gasteiger charge is -2.33. The third-order valence-corrected chi connectivity index (χ3v) is 2.97. The number of hydrogen-bond donors (Lipinski definition) is 1. The summed E-state index contributed by atoms with van der Waals surface area (Å²) in [6.07, 6.45) is 0.918. The van der Waals surface area contributed by atoms with Gasteiger partial charge in [0.25, 0.3) is 0 Å². The quantitative estimate of drug-likeness (QED) is 0.699. The van der Waals surface area contributed by atoms with Gasteiger partial charge in [0.15, 0.2) is 0 Å². The Hall–Kier alpha value is -0.570. The largest absolute Gasteiger partial charge is 0.466 e. The van der Waals surface area contributed by atoms with Gasteiger partial charge in [-0.25, -0.2) is 0 Å². The molecule has 1 aliphatic heterocycles. The number of esters is 1. The molecule has 0 aromatic heterocycles. The van der Waals surface area contributed by atoms with Crippen LogP contribution in [0.3, 0.4) is 0 Å². The van der Waals surface area contributed by atoms with Crippen molar-refractivity contribution in [3.05, 3.63) is 0 Å². The van der Waals surface area contributed by atoms with Gasteiger partial charge in [0.1, 0.15) is 0 Å². The molecule has 1 rings (SSSR count). The maximum Gasteiger partial charge on any atom is 0.309 e. The third-order valence-electron chi connectivity index (χ3n) is 2.97. The smallest absolute Gasteiger partial charge is 0.309 e. The number of ether oxygens (including phenoxy) is 1. The minimum atomic E-state index is -0.00676. The molecule has 0 bridgehead atoms. The summed E-state index contributed by atoms with van der Waals surface area (Å²) < 4.78 is 5.10. The van der Waals surface area contributed by atoms with Crippen molar-refractivity contribution in [2.75, 3.05) is 19.7 Å². The van der Waals surface area contributed by atoms with Crippen LogP contribution in [0, 0.1) is 17.8 Å². The van der Waals surface area contributed by atoms with Crippen LogP contribution < -0.4 is 5.32 Å². The lowest BCUT2D eigenvalue weighted by molar-refractivity contribution is -0.151. The topological polar surface area (TPSA) is 38.3 Å². The van der Waals surface area contributed by atoms with Crippen LogP contribution in [-0.4, -0.2) is 25.7 Å². The molecule has 0 aromatic carbocycles. The van der Waals surface area contributed by atoms with Crippen LogP contribution in [0.5, 0.6) is 0 Å². The van der Waals surface area contributed by atoms with E-state index in [-0.39, 0.29) is 11.9 Å². The molecule has 1 saturated heterocycles. The minimum absolute atomic E-state index is 0.00676. The number of nitrogens with one attached hydrogen (secondary N) is 1. The van der Waals surface area contributed by atoms with Crippen molar-refractivity contribution in [3.8, 4) is 0 Å². The van der Waals surface area contributed by atoms with Crippen LogP contribution in [0.25, 0.3) is 0 Å². The lowest BCUT2D eigenvalue weighted by Crippen LogP contribution is -2.43. The second-order valence-corrected chi connectivity index (χ2v) is 4.26. The predicted octanol–water partition coefficient (Wildman–Crippen LogP) is 1.43. The van der Waals surface area contributed by atoms with Crippen molar-refractivity contribution in [1.82, 2.24) is 5.32 Å². The van der Waals surface area contributed by atoms with Crippen LogP contribution in [-0.2, 0) is 9.53 Å². The fraction of sp³-hybridized carbons (Fsp3) is 0.909. The Morgan fingerprint density at radius 3 is 2.86 bits per heavy atom. The van der Waals surface area contributed by atoms with Gasteiger partial charge in [-0.3, -0.25) is 4.79 Å². The van der Waals surface area contributed by atoms with Gasteiger partial charge in [-0.15, -0.1) is 0 Å². The summed E-state index contributed by atoms with van der Waals surface area (Å²) in [6, 6.07) is 0. The molecule has 82 valence electrons. The lowest BCUT2D eigenvalue weighted by atomic mass is 9.79. The number of carbonyl (C=O) groups is 1. The van der Waals surface area contributed by atoms with Crippen molar-refractivity contribution in [1.29, 1.82) is 0 Å². The molecule has 0 aliphatic carbocycles. The summed E-state index contributed by atoms with van der Waals surface area (Å²) in [4.78, 5) is 11.7. The Bertz CT molecular complexity index is 192. The molecular formula is C11H21NO2. The van der Waals surface area contributed by atoms with E-state index in [9.17, 15) is 4.79 Å². The van der Waals surface area contributed by atoms with Gasteiger partial charge >= 0.3 is 5.97 Å². The molecule has 1 N–H and O–H groups in total. The zero-order valence-electron chi connectivity index (χ0n) is 9.38. The van der Waals surface area contributed by atoms with E-state index in [0.29, 0.717) is 18.4 Å². The summed E-state index contributed by atoms with van der Waals surface area (Å²) in [6.45, 7) is 8.58. The second-order valence-electron chi connectivity index (χ2n) is 4.26.